The third-order valence-corrected chi connectivity index (χ3v) is 2.81. The Balaban J connectivity index is 2.10. The predicted molar refractivity (Wildman–Crippen MR) is 73.4 cm³/mol. The van der Waals surface area contributed by atoms with Crippen LogP contribution in [0.3, 0.4) is 0 Å². The molecule has 0 radical (unpaired) electrons. The van der Waals surface area contributed by atoms with Crippen molar-refractivity contribution in [2.75, 3.05) is 0 Å². The Bertz CT molecular complexity index is 704. The lowest BCUT2D eigenvalue weighted by Gasteiger charge is -2.02. The number of aliphatic imine (C=N–C) groups is 1. The van der Waals surface area contributed by atoms with Crippen LogP contribution in [0.1, 0.15) is 21.5 Å². The number of carbonyl (C=O) groups is 1. The number of benzene rings is 2. The van der Waals surface area contributed by atoms with E-state index in [-0.39, 0.29) is 12.2 Å². The summed E-state index contributed by atoms with van der Waals surface area (Å²) >= 11 is 0. The van der Waals surface area contributed by atoms with Gasteiger partial charge in [-0.2, -0.15) is 10.3 Å². The van der Waals surface area contributed by atoms with Crippen LogP contribution in [0.5, 0.6) is 0 Å². The molecule has 0 spiro atoms. The van der Waals surface area contributed by atoms with E-state index in [9.17, 15) is 9.59 Å². The van der Waals surface area contributed by atoms with Crippen LogP contribution in [0, 0.1) is 11.3 Å². The SMILES string of the molecule is N#Cc1ccc(C(=O)Cc2ccc(N=C=O)cc2)cc1. The number of rotatable bonds is 4. The van der Waals surface area contributed by atoms with Gasteiger partial charge in [-0.15, -0.1) is 0 Å². The molecule has 0 saturated heterocycles. The highest BCUT2D eigenvalue weighted by molar-refractivity contribution is 5.97. The first-order chi connectivity index (χ1) is 9.72. The van der Waals surface area contributed by atoms with E-state index in [0.29, 0.717) is 16.8 Å². The minimum absolute atomic E-state index is 0.0267. The van der Waals surface area contributed by atoms with Gasteiger partial charge < -0.3 is 0 Å². The van der Waals surface area contributed by atoms with Gasteiger partial charge in [-0.3, -0.25) is 4.79 Å². The maximum absolute atomic E-state index is 12.1. The molecule has 0 aliphatic heterocycles. The number of hydrogen-bond donors (Lipinski definition) is 0. The second-order valence-electron chi connectivity index (χ2n) is 4.16. The van der Waals surface area contributed by atoms with Gasteiger partial charge in [-0.1, -0.05) is 24.3 Å². The zero-order valence-corrected chi connectivity index (χ0v) is 10.5. The van der Waals surface area contributed by atoms with Gasteiger partial charge in [0.05, 0.1) is 17.3 Å². The second-order valence-corrected chi connectivity index (χ2v) is 4.16. The molecule has 2 rings (SSSR count). The van der Waals surface area contributed by atoms with Gasteiger partial charge >= 0.3 is 0 Å². The van der Waals surface area contributed by atoms with Gasteiger partial charge in [0.25, 0.3) is 0 Å². The van der Waals surface area contributed by atoms with Crippen LogP contribution in [-0.4, -0.2) is 11.9 Å². The van der Waals surface area contributed by atoms with Crippen LogP contribution >= 0.6 is 0 Å². The summed E-state index contributed by atoms with van der Waals surface area (Å²) in [5, 5.41) is 8.70. The quantitative estimate of drug-likeness (QED) is 0.483. The number of carbonyl (C=O) groups excluding carboxylic acids is 2. The summed E-state index contributed by atoms with van der Waals surface area (Å²) in [5.41, 5.74) is 2.44. The van der Waals surface area contributed by atoms with Crippen LogP contribution in [0.15, 0.2) is 53.5 Å². The van der Waals surface area contributed by atoms with Crippen molar-refractivity contribution in [3.63, 3.8) is 0 Å². The third kappa shape index (κ3) is 3.26. The molecule has 0 amide bonds. The fourth-order valence-electron chi connectivity index (χ4n) is 1.76. The summed E-state index contributed by atoms with van der Waals surface area (Å²) < 4.78 is 0. The van der Waals surface area contributed by atoms with Crippen molar-refractivity contribution in [3.05, 3.63) is 65.2 Å². The molecule has 20 heavy (non-hydrogen) atoms. The summed E-state index contributed by atoms with van der Waals surface area (Å²) in [4.78, 5) is 25.6. The lowest BCUT2D eigenvalue weighted by molar-refractivity contribution is 0.0993. The number of ketones is 1. The summed E-state index contributed by atoms with van der Waals surface area (Å²) in [7, 11) is 0. The lowest BCUT2D eigenvalue weighted by Crippen LogP contribution is -2.03. The molecule has 4 nitrogen and oxygen atoms in total. The van der Waals surface area contributed by atoms with Crippen LogP contribution in [0.2, 0.25) is 0 Å². The number of nitrogens with zero attached hydrogens (tertiary/aromatic N) is 2. The lowest BCUT2D eigenvalue weighted by atomic mass is 10.0. The van der Waals surface area contributed by atoms with Crippen LogP contribution < -0.4 is 0 Å². The van der Waals surface area contributed by atoms with E-state index >= 15 is 0 Å². The largest absolute Gasteiger partial charge is 0.294 e. The molecule has 0 unspecified atom stereocenters. The maximum Gasteiger partial charge on any atom is 0.240 e. The summed E-state index contributed by atoms with van der Waals surface area (Å²) in [5.74, 6) is -0.0267. The first-order valence-electron chi connectivity index (χ1n) is 5.93. The second kappa shape index (κ2) is 6.24. The highest BCUT2D eigenvalue weighted by Gasteiger charge is 2.07. The molecule has 0 aliphatic rings. The molecule has 2 aromatic carbocycles. The summed E-state index contributed by atoms with van der Waals surface area (Å²) in [6.45, 7) is 0. The molecule has 0 saturated carbocycles. The first-order valence-corrected chi connectivity index (χ1v) is 5.93. The van der Waals surface area contributed by atoms with E-state index in [2.05, 4.69) is 4.99 Å². The van der Waals surface area contributed by atoms with E-state index < -0.39 is 0 Å². The molecule has 0 bridgehead atoms. The average molecular weight is 262 g/mol. The highest BCUT2D eigenvalue weighted by Crippen LogP contribution is 2.14. The highest BCUT2D eigenvalue weighted by atomic mass is 16.1. The fraction of sp³-hybridized carbons (Fsp3) is 0.0625. The molecule has 0 fully saturated rings. The van der Waals surface area contributed by atoms with Crippen molar-refractivity contribution in [3.8, 4) is 6.07 Å². The zero-order chi connectivity index (χ0) is 14.4. The Labute approximate surface area is 116 Å². The van der Waals surface area contributed by atoms with Gasteiger partial charge in [-0.25, -0.2) is 4.79 Å². The van der Waals surface area contributed by atoms with Gasteiger partial charge in [-0.05, 0) is 29.8 Å². The topological polar surface area (TPSA) is 70.3 Å². The zero-order valence-electron chi connectivity index (χ0n) is 10.5. The standard InChI is InChI=1S/C16H10N2O2/c17-10-13-1-5-14(6-2-13)16(20)9-12-3-7-15(8-4-12)18-11-19/h1-8H,9H2. The number of isocyanates is 1. The molecule has 0 aliphatic carbocycles. The van der Waals surface area contributed by atoms with Crippen LogP contribution in [-0.2, 0) is 11.2 Å². The van der Waals surface area contributed by atoms with E-state index in [1.54, 1.807) is 48.5 Å². The third-order valence-electron chi connectivity index (χ3n) is 2.81. The Kier molecular flexibility index (Phi) is 4.18. The summed E-state index contributed by atoms with van der Waals surface area (Å²) in [6.07, 6.45) is 1.72. The van der Waals surface area contributed by atoms with E-state index in [0.717, 1.165) is 5.56 Å². The molecule has 0 atom stereocenters. The molecular weight excluding hydrogens is 252 g/mol. The van der Waals surface area contributed by atoms with Crippen LogP contribution in [0.25, 0.3) is 0 Å². The monoisotopic (exact) mass is 262 g/mol. The number of hydrogen-bond acceptors (Lipinski definition) is 4. The average Bonchev–Trinajstić information content (AvgIpc) is 2.49. The van der Waals surface area contributed by atoms with E-state index in [4.69, 9.17) is 5.26 Å². The van der Waals surface area contributed by atoms with Gasteiger partial charge in [0.1, 0.15) is 0 Å². The molecular formula is C16H10N2O2. The van der Waals surface area contributed by atoms with Crippen molar-refractivity contribution in [1.82, 2.24) is 0 Å². The Morgan fingerprint density at radius 1 is 1.05 bits per heavy atom. The molecule has 0 aromatic heterocycles. The molecule has 0 heterocycles. The molecule has 0 N–H and O–H groups in total. The van der Waals surface area contributed by atoms with Crippen molar-refractivity contribution in [1.29, 1.82) is 5.26 Å². The number of Topliss-reactive ketones (excluding diaryl/α,β-unsaturated/α-hetero) is 1. The van der Waals surface area contributed by atoms with Crippen molar-refractivity contribution >= 4 is 17.6 Å². The van der Waals surface area contributed by atoms with Gasteiger partial charge in [0.2, 0.25) is 6.08 Å². The molecule has 4 heteroatoms. The first kappa shape index (κ1) is 13.4. The van der Waals surface area contributed by atoms with Crippen molar-refractivity contribution < 1.29 is 9.59 Å². The maximum atomic E-state index is 12.1. The fourth-order valence-corrected chi connectivity index (χ4v) is 1.76. The Hall–Kier alpha value is -3.02. The van der Waals surface area contributed by atoms with Gasteiger partial charge in [0.15, 0.2) is 5.78 Å². The van der Waals surface area contributed by atoms with E-state index in [1.807, 2.05) is 6.07 Å². The number of nitriles is 1. The Morgan fingerprint density at radius 3 is 2.25 bits per heavy atom. The van der Waals surface area contributed by atoms with Crippen LogP contribution in [0.4, 0.5) is 5.69 Å². The minimum atomic E-state index is -0.0267. The summed E-state index contributed by atoms with van der Waals surface area (Å²) in [6, 6.07) is 15.4. The normalized spacial score (nSPS) is 9.35. The van der Waals surface area contributed by atoms with Crippen molar-refractivity contribution in [2.24, 2.45) is 4.99 Å². The van der Waals surface area contributed by atoms with E-state index in [1.165, 1.54) is 6.08 Å². The molecule has 96 valence electrons. The predicted octanol–water partition coefficient (Wildman–Crippen LogP) is 2.95. The minimum Gasteiger partial charge on any atom is -0.294 e. The Morgan fingerprint density at radius 2 is 1.70 bits per heavy atom. The smallest absolute Gasteiger partial charge is 0.240 e. The molecule has 2 aromatic rings. The van der Waals surface area contributed by atoms with Crippen molar-refractivity contribution in [2.45, 2.75) is 6.42 Å². The van der Waals surface area contributed by atoms with Gasteiger partial charge in [0, 0.05) is 12.0 Å².